The van der Waals surface area contributed by atoms with Crippen LogP contribution in [0, 0.1) is 6.92 Å². The van der Waals surface area contributed by atoms with E-state index < -0.39 is 0 Å². The number of aromatic amines is 1. The number of unbranched alkanes of at least 4 members (excludes halogenated alkanes) is 1. The van der Waals surface area contributed by atoms with Crippen molar-refractivity contribution in [3.05, 3.63) is 35.5 Å². The second-order valence-corrected chi connectivity index (χ2v) is 5.85. The van der Waals surface area contributed by atoms with E-state index in [4.69, 9.17) is 4.74 Å². The number of fused-ring (bicyclic) bond motifs is 1. The van der Waals surface area contributed by atoms with Gasteiger partial charge in [0.1, 0.15) is 0 Å². The van der Waals surface area contributed by atoms with Crippen LogP contribution >= 0.6 is 0 Å². The highest BCUT2D eigenvalue weighted by Crippen LogP contribution is 2.21. The lowest BCUT2D eigenvalue weighted by atomic mass is 10.1. The summed E-state index contributed by atoms with van der Waals surface area (Å²) >= 11 is 0. The van der Waals surface area contributed by atoms with E-state index in [9.17, 15) is 0 Å². The van der Waals surface area contributed by atoms with Gasteiger partial charge in [-0.25, -0.2) is 0 Å². The summed E-state index contributed by atoms with van der Waals surface area (Å²) < 4.78 is 5.34. The van der Waals surface area contributed by atoms with Crippen molar-refractivity contribution in [1.82, 2.24) is 15.6 Å². The van der Waals surface area contributed by atoms with Crippen molar-refractivity contribution in [2.75, 3.05) is 33.4 Å². The van der Waals surface area contributed by atoms with Gasteiger partial charge in [0.15, 0.2) is 5.96 Å². The van der Waals surface area contributed by atoms with Gasteiger partial charge in [-0.05, 0) is 44.7 Å². The molecule has 0 saturated heterocycles. The molecule has 0 radical (unpaired) electrons. The molecule has 3 N–H and O–H groups in total. The van der Waals surface area contributed by atoms with E-state index in [1.807, 2.05) is 14.0 Å². The average Bonchev–Trinajstić information content (AvgIpc) is 2.92. The average molecular weight is 330 g/mol. The largest absolute Gasteiger partial charge is 0.382 e. The molecule has 0 atom stereocenters. The summed E-state index contributed by atoms with van der Waals surface area (Å²) in [7, 11) is 1.81. The molecule has 1 heterocycles. The number of rotatable bonds is 9. The highest BCUT2D eigenvalue weighted by Gasteiger charge is 2.07. The lowest BCUT2D eigenvalue weighted by Crippen LogP contribution is -2.38. The monoisotopic (exact) mass is 330 g/mol. The van der Waals surface area contributed by atoms with Crippen LogP contribution in [0.5, 0.6) is 0 Å². The first-order valence-electron chi connectivity index (χ1n) is 8.84. The Hall–Kier alpha value is -2.01. The zero-order valence-electron chi connectivity index (χ0n) is 15.1. The summed E-state index contributed by atoms with van der Waals surface area (Å²) in [5, 5.41) is 8.06. The number of benzene rings is 1. The normalized spacial score (nSPS) is 11.9. The molecule has 1 aromatic heterocycles. The zero-order chi connectivity index (χ0) is 17.2. The summed E-state index contributed by atoms with van der Waals surface area (Å²) in [4.78, 5) is 7.73. The van der Waals surface area contributed by atoms with Gasteiger partial charge in [0.05, 0.1) is 0 Å². The van der Waals surface area contributed by atoms with Crippen LogP contribution in [0.1, 0.15) is 31.0 Å². The Labute approximate surface area is 144 Å². The van der Waals surface area contributed by atoms with Gasteiger partial charge in [-0.15, -0.1) is 0 Å². The molecule has 0 unspecified atom stereocenters. The summed E-state index contributed by atoms with van der Waals surface area (Å²) in [5.74, 6) is 0.865. The molecule has 5 nitrogen and oxygen atoms in total. The summed E-state index contributed by atoms with van der Waals surface area (Å²) in [6, 6.07) is 8.47. The number of ether oxygens (including phenoxy) is 1. The minimum Gasteiger partial charge on any atom is -0.382 e. The molecule has 1 aromatic carbocycles. The standard InChI is InChI=1S/C19H30N4O/c1-4-24-14-8-7-12-21-19(20-3)22-13-11-16-15(2)23-18-10-6-5-9-17(16)18/h5-6,9-10,23H,4,7-8,11-14H2,1-3H3,(H2,20,21,22). The van der Waals surface area contributed by atoms with E-state index in [1.165, 1.54) is 22.2 Å². The zero-order valence-corrected chi connectivity index (χ0v) is 15.1. The van der Waals surface area contributed by atoms with Crippen LogP contribution in [0.25, 0.3) is 10.9 Å². The first kappa shape index (κ1) is 18.3. The van der Waals surface area contributed by atoms with Crippen molar-refractivity contribution in [1.29, 1.82) is 0 Å². The lowest BCUT2D eigenvalue weighted by molar-refractivity contribution is 0.143. The maximum absolute atomic E-state index is 5.34. The third-order valence-corrected chi connectivity index (χ3v) is 4.13. The molecule has 0 aliphatic carbocycles. The van der Waals surface area contributed by atoms with E-state index >= 15 is 0 Å². The topological polar surface area (TPSA) is 61.4 Å². The molecule has 0 saturated carbocycles. The molecule has 5 heteroatoms. The molecule has 2 aromatic rings. The van der Waals surface area contributed by atoms with E-state index in [2.05, 4.69) is 51.8 Å². The first-order valence-corrected chi connectivity index (χ1v) is 8.84. The predicted molar refractivity (Wildman–Crippen MR) is 102 cm³/mol. The van der Waals surface area contributed by atoms with Crippen molar-refractivity contribution in [3.63, 3.8) is 0 Å². The van der Waals surface area contributed by atoms with Crippen molar-refractivity contribution in [2.24, 2.45) is 4.99 Å². The van der Waals surface area contributed by atoms with Crippen molar-refractivity contribution >= 4 is 16.9 Å². The van der Waals surface area contributed by atoms with Crippen LogP contribution in [0.4, 0.5) is 0 Å². The minimum absolute atomic E-state index is 0.796. The second-order valence-electron chi connectivity index (χ2n) is 5.85. The smallest absolute Gasteiger partial charge is 0.190 e. The number of hydrogen-bond acceptors (Lipinski definition) is 2. The van der Waals surface area contributed by atoms with E-state index in [-0.39, 0.29) is 0 Å². The number of nitrogens with zero attached hydrogens (tertiary/aromatic N) is 1. The summed E-state index contributed by atoms with van der Waals surface area (Å²) in [6.07, 6.45) is 3.13. The Morgan fingerprint density at radius 1 is 1.17 bits per heavy atom. The Morgan fingerprint density at radius 3 is 2.75 bits per heavy atom. The van der Waals surface area contributed by atoms with Crippen molar-refractivity contribution in [3.8, 4) is 0 Å². The lowest BCUT2D eigenvalue weighted by Gasteiger charge is -2.12. The van der Waals surface area contributed by atoms with Gasteiger partial charge < -0.3 is 20.4 Å². The number of aliphatic imine (C=N–C) groups is 1. The molecule has 0 fully saturated rings. The maximum Gasteiger partial charge on any atom is 0.190 e. The molecule has 2 rings (SSSR count). The molecular weight excluding hydrogens is 300 g/mol. The fraction of sp³-hybridized carbons (Fsp3) is 0.526. The third-order valence-electron chi connectivity index (χ3n) is 4.13. The van der Waals surface area contributed by atoms with Gasteiger partial charge in [0.25, 0.3) is 0 Å². The molecule has 132 valence electrons. The van der Waals surface area contributed by atoms with Crippen molar-refractivity contribution in [2.45, 2.75) is 33.1 Å². The number of aryl methyl sites for hydroxylation is 1. The Morgan fingerprint density at radius 2 is 1.96 bits per heavy atom. The number of H-pyrrole nitrogens is 1. The predicted octanol–water partition coefficient (Wildman–Crippen LogP) is 3.00. The van der Waals surface area contributed by atoms with E-state index in [0.717, 1.165) is 51.5 Å². The number of hydrogen-bond donors (Lipinski definition) is 3. The SMILES string of the molecule is CCOCCCCNC(=NC)NCCc1c(C)[nH]c2ccccc12. The highest BCUT2D eigenvalue weighted by atomic mass is 16.5. The number of para-hydroxylation sites is 1. The Balaban J connectivity index is 1.74. The maximum atomic E-state index is 5.34. The van der Waals surface area contributed by atoms with Crippen molar-refractivity contribution < 1.29 is 4.74 Å². The highest BCUT2D eigenvalue weighted by molar-refractivity contribution is 5.84. The molecule has 0 spiro atoms. The second kappa shape index (κ2) is 9.98. The number of nitrogens with one attached hydrogen (secondary N) is 3. The molecule has 0 bridgehead atoms. The molecule has 0 amide bonds. The molecule has 0 aliphatic heterocycles. The fourth-order valence-corrected chi connectivity index (χ4v) is 2.86. The number of aromatic nitrogens is 1. The van der Waals surface area contributed by atoms with Gasteiger partial charge in [0.2, 0.25) is 0 Å². The summed E-state index contributed by atoms with van der Waals surface area (Å²) in [6.45, 7) is 7.58. The van der Waals surface area contributed by atoms with Gasteiger partial charge in [-0.3, -0.25) is 4.99 Å². The van der Waals surface area contributed by atoms with E-state index in [1.54, 1.807) is 0 Å². The minimum atomic E-state index is 0.796. The van der Waals surface area contributed by atoms with E-state index in [0.29, 0.717) is 0 Å². The van der Waals surface area contributed by atoms with Crippen LogP contribution in [-0.4, -0.2) is 44.3 Å². The molecular formula is C19H30N4O. The van der Waals surface area contributed by atoms with Gasteiger partial charge >= 0.3 is 0 Å². The Kier molecular flexibility index (Phi) is 7.62. The molecule has 24 heavy (non-hydrogen) atoms. The van der Waals surface area contributed by atoms with Gasteiger partial charge in [-0.2, -0.15) is 0 Å². The quantitative estimate of drug-likeness (QED) is 0.376. The third kappa shape index (κ3) is 5.27. The fourth-order valence-electron chi connectivity index (χ4n) is 2.86. The summed E-state index contributed by atoms with van der Waals surface area (Å²) in [5.41, 5.74) is 3.84. The van der Waals surface area contributed by atoms with Gasteiger partial charge in [-0.1, -0.05) is 18.2 Å². The van der Waals surface area contributed by atoms with Crippen LogP contribution in [0.3, 0.4) is 0 Å². The van der Waals surface area contributed by atoms with Crippen LogP contribution in [0.2, 0.25) is 0 Å². The Bertz CT molecular complexity index is 648. The molecule has 0 aliphatic rings. The van der Waals surface area contributed by atoms with Crippen LogP contribution in [0.15, 0.2) is 29.3 Å². The first-order chi connectivity index (χ1) is 11.8. The van der Waals surface area contributed by atoms with Gasteiger partial charge in [0, 0.05) is 49.9 Å². The van der Waals surface area contributed by atoms with Crippen LogP contribution < -0.4 is 10.6 Å². The number of guanidine groups is 1. The van der Waals surface area contributed by atoms with Crippen LogP contribution in [-0.2, 0) is 11.2 Å².